The molecule has 0 aliphatic carbocycles. The van der Waals surface area contributed by atoms with E-state index in [9.17, 15) is 4.79 Å². The minimum Gasteiger partial charge on any atom is -0.460 e. The number of carbonyl (C=O) groups is 1. The summed E-state index contributed by atoms with van der Waals surface area (Å²) in [5, 5.41) is 3.43. The van der Waals surface area contributed by atoms with Crippen LogP contribution in [0.2, 0.25) is 0 Å². The highest BCUT2D eigenvalue weighted by molar-refractivity contribution is 5.74. The molecule has 4 heteroatoms. The summed E-state index contributed by atoms with van der Waals surface area (Å²) in [7, 11) is 0. The van der Waals surface area contributed by atoms with E-state index in [4.69, 9.17) is 4.74 Å². The van der Waals surface area contributed by atoms with E-state index in [0.29, 0.717) is 0 Å². The maximum Gasteiger partial charge on any atom is 0.309 e. The van der Waals surface area contributed by atoms with Crippen molar-refractivity contribution >= 4 is 17.3 Å². The maximum atomic E-state index is 12.2. The molecule has 0 amide bonds. The quantitative estimate of drug-likeness (QED) is 0.852. The van der Waals surface area contributed by atoms with E-state index in [1.165, 1.54) is 16.9 Å². The zero-order valence-electron chi connectivity index (χ0n) is 13.8. The standard InChI is InChI=1S/C18H26N2O2/c1-18(2,3)22-17(21)13-8-11-20(12-9-13)16-6-4-5-15-14(16)7-10-19-15/h4-6,13,19H,7-12H2,1-3H3. The normalized spacial score (nSPS) is 18.8. The predicted octanol–water partition coefficient (Wildman–Crippen LogP) is 3.21. The van der Waals surface area contributed by atoms with Crippen molar-refractivity contribution in [2.75, 3.05) is 29.9 Å². The molecule has 1 saturated heterocycles. The maximum absolute atomic E-state index is 12.2. The molecule has 2 aliphatic rings. The van der Waals surface area contributed by atoms with Crippen molar-refractivity contribution in [2.24, 2.45) is 5.92 Å². The van der Waals surface area contributed by atoms with E-state index in [0.717, 1.165) is 38.9 Å². The van der Waals surface area contributed by atoms with Crippen LogP contribution in [-0.4, -0.2) is 31.2 Å². The topological polar surface area (TPSA) is 41.6 Å². The number of carbonyl (C=O) groups excluding carboxylic acids is 1. The summed E-state index contributed by atoms with van der Waals surface area (Å²) in [6.07, 6.45) is 2.86. The zero-order chi connectivity index (χ0) is 15.7. The first kappa shape index (κ1) is 15.2. The Morgan fingerprint density at radius 3 is 2.68 bits per heavy atom. The molecule has 2 heterocycles. The van der Waals surface area contributed by atoms with Crippen LogP contribution in [0, 0.1) is 5.92 Å². The van der Waals surface area contributed by atoms with E-state index in [1.807, 2.05) is 20.8 Å². The number of ether oxygens (including phenoxy) is 1. The smallest absolute Gasteiger partial charge is 0.309 e. The Morgan fingerprint density at radius 2 is 2.00 bits per heavy atom. The molecule has 22 heavy (non-hydrogen) atoms. The van der Waals surface area contributed by atoms with Gasteiger partial charge in [0, 0.05) is 36.6 Å². The second-order valence-corrected chi connectivity index (χ2v) is 7.27. The van der Waals surface area contributed by atoms with Crippen molar-refractivity contribution in [1.29, 1.82) is 0 Å². The fourth-order valence-electron chi connectivity index (χ4n) is 3.36. The number of hydrogen-bond donors (Lipinski definition) is 1. The van der Waals surface area contributed by atoms with Crippen molar-refractivity contribution in [3.05, 3.63) is 23.8 Å². The number of hydrogen-bond acceptors (Lipinski definition) is 4. The van der Waals surface area contributed by atoms with Gasteiger partial charge in [0.1, 0.15) is 5.60 Å². The average molecular weight is 302 g/mol. The third kappa shape index (κ3) is 3.21. The Labute approximate surface area is 132 Å². The van der Waals surface area contributed by atoms with Crippen LogP contribution in [-0.2, 0) is 16.0 Å². The lowest BCUT2D eigenvalue weighted by Crippen LogP contribution is -2.39. The summed E-state index contributed by atoms with van der Waals surface area (Å²) in [5.74, 6) is 0.0115. The van der Waals surface area contributed by atoms with Crippen LogP contribution >= 0.6 is 0 Å². The van der Waals surface area contributed by atoms with Gasteiger partial charge in [-0.3, -0.25) is 4.79 Å². The van der Waals surface area contributed by atoms with Crippen molar-refractivity contribution in [1.82, 2.24) is 0 Å². The first-order chi connectivity index (χ1) is 10.4. The van der Waals surface area contributed by atoms with Gasteiger partial charge in [-0.15, -0.1) is 0 Å². The molecule has 0 unspecified atom stereocenters. The van der Waals surface area contributed by atoms with E-state index >= 15 is 0 Å². The van der Waals surface area contributed by atoms with Gasteiger partial charge in [-0.05, 0) is 52.2 Å². The fourth-order valence-corrected chi connectivity index (χ4v) is 3.36. The lowest BCUT2D eigenvalue weighted by atomic mass is 9.95. The Bertz CT molecular complexity index is 555. The van der Waals surface area contributed by atoms with E-state index in [2.05, 4.69) is 28.4 Å². The van der Waals surface area contributed by atoms with Gasteiger partial charge in [0.25, 0.3) is 0 Å². The summed E-state index contributed by atoms with van der Waals surface area (Å²) >= 11 is 0. The predicted molar refractivity (Wildman–Crippen MR) is 89.4 cm³/mol. The third-order valence-electron chi connectivity index (χ3n) is 4.42. The molecule has 3 rings (SSSR count). The fraction of sp³-hybridized carbons (Fsp3) is 0.611. The molecule has 2 aliphatic heterocycles. The molecule has 0 bridgehead atoms. The Morgan fingerprint density at radius 1 is 1.27 bits per heavy atom. The zero-order valence-corrected chi connectivity index (χ0v) is 13.8. The van der Waals surface area contributed by atoms with Gasteiger partial charge in [0.15, 0.2) is 0 Å². The highest BCUT2D eigenvalue weighted by Crippen LogP contribution is 2.34. The number of anilines is 2. The van der Waals surface area contributed by atoms with Gasteiger partial charge in [0.05, 0.1) is 5.92 Å². The van der Waals surface area contributed by atoms with Gasteiger partial charge < -0.3 is 15.0 Å². The number of benzene rings is 1. The van der Waals surface area contributed by atoms with Crippen LogP contribution in [0.4, 0.5) is 11.4 Å². The molecule has 4 nitrogen and oxygen atoms in total. The molecular formula is C18H26N2O2. The second kappa shape index (κ2) is 5.82. The molecule has 1 aromatic carbocycles. The lowest BCUT2D eigenvalue weighted by molar-refractivity contribution is -0.160. The molecular weight excluding hydrogens is 276 g/mol. The first-order valence-corrected chi connectivity index (χ1v) is 8.27. The van der Waals surface area contributed by atoms with E-state index in [1.54, 1.807) is 0 Å². The third-order valence-corrected chi connectivity index (χ3v) is 4.42. The number of piperidine rings is 1. The summed E-state index contributed by atoms with van der Waals surface area (Å²) in [6, 6.07) is 6.48. The van der Waals surface area contributed by atoms with Crippen LogP contribution in [0.15, 0.2) is 18.2 Å². The summed E-state index contributed by atoms with van der Waals surface area (Å²) < 4.78 is 5.52. The highest BCUT2D eigenvalue weighted by Gasteiger charge is 2.30. The van der Waals surface area contributed by atoms with Crippen LogP contribution in [0.25, 0.3) is 0 Å². The molecule has 120 valence electrons. The number of nitrogens with zero attached hydrogens (tertiary/aromatic N) is 1. The van der Waals surface area contributed by atoms with Gasteiger partial charge in [-0.25, -0.2) is 0 Å². The lowest BCUT2D eigenvalue weighted by Gasteiger charge is -2.34. The van der Waals surface area contributed by atoms with Gasteiger partial charge in [0.2, 0.25) is 0 Å². The van der Waals surface area contributed by atoms with Crippen LogP contribution in [0.3, 0.4) is 0 Å². The summed E-state index contributed by atoms with van der Waals surface area (Å²) in [5.41, 5.74) is 3.65. The highest BCUT2D eigenvalue weighted by atomic mass is 16.6. The molecule has 1 N–H and O–H groups in total. The average Bonchev–Trinajstić information content (AvgIpc) is 2.94. The summed E-state index contributed by atoms with van der Waals surface area (Å²) in [4.78, 5) is 14.6. The molecule has 1 aromatic rings. The van der Waals surface area contributed by atoms with Gasteiger partial charge in [-0.2, -0.15) is 0 Å². The van der Waals surface area contributed by atoms with Gasteiger partial charge in [-0.1, -0.05) is 6.07 Å². The second-order valence-electron chi connectivity index (χ2n) is 7.27. The van der Waals surface area contributed by atoms with Crippen molar-refractivity contribution in [3.8, 4) is 0 Å². The summed E-state index contributed by atoms with van der Waals surface area (Å²) in [6.45, 7) is 8.68. The molecule has 0 spiro atoms. The molecule has 0 saturated carbocycles. The largest absolute Gasteiger partial charge is 0.460 e. The SMILES string of the molecule is CC(C)(C)OC(=O)C1CCN(c2cccc3c2CCN3)CC1. The Hall–Kier alpha value is -1.71. The molecule has 0 radical (unpaired) electrons. The molecule has 0 aromatic heterocycles. The Balaban J connectivity index is 1.63. The van der Waals surface area contributed by atoms with Gasteiger partial charge >= 0.3 is 5.97 Å². The Kier molecular flexibility index (Phi) is 4.02. The minimum atomic E-state index is -0.389. The molecule has 0 atom stereocenters. The van der Waals surface area contributed by atoms with E-state index in [-0.39, 0.29) is 17.5 Å². The number of rotatable bonds is 2. The molecule has 1 fully saturated rings. The number of fused-ring (bicyclic) bond motifs is 1. The van der Waals surface area contributed by atoms with Crippen LogP contribution < -0.4 is 10.2 Å². The number of nitrogens with one attached hydrogen (secondary N) is 1. The first-order valence-electron chi connectivity index (χ1n) is 8.27. The monoisotopic (exact) mass is 302 g/mol. The minimum absolute atomic E-state index is 0.0351. The van der Waals surface area contributed by atoms with Crippen LogP contribution in [0.1, 0.15) is 39.2 Å². The van der Waals surface area contributed by atoms with Crippen molar-refractivity contribution < 1.29 is 9.53 Å². The van der Waals surface area contributed by atoms with E-state index < -0.39 is 0 Å². The number of esters is 1. The van der Waals surface area contributed by atoms with Crippen LogP contribution in [0.5, 0.6) is 0 Å². The van der Waals surface area contributed by atoms with Crippen molar-refractivity contribution in [3.63, 3.8) is 0 Å². The van der Waals surface area contributed by atoms with Crippen molar-refractivity contribution in [2.45, 2.75) is 45.6 Å².